The van der Waals surface area contributed by atoms with Gasteiger partial charge in [0.15, 0.2) is 5.82 Å². The molecule has 0 amide bonds. The van der Waals surface area contributed by atoms with Crippen LogP contribution in [0.2, 0.25) is 0 Å². The maximum absolute atomic E-state index is 13.2. The van der Waals surface area contributed by atoms with Crippen LogP contribution in [0.3, 0.4) is 0 Å². The Balaban J connectivity index is 1.82. The molecule has 0 unspecified atom stereocenters. The number of rotatable bonds is 4. The summed E-state index contributed by atoms with van der Waals surface area (Å²) in [5.41, 5.74) is 4.52. The van der Waals surface area contributed by atoms with E-state index in [0.717, 1.165) is 48.3 Å². The minimum atomic E-state index is -0.955. The first-order chi connectivity index (χ1) is 13.1. The van der Waals surface area contributed by atoms with Crippen molar-refractivity contribution in [1.82, 2.24) is 9.55 Å². The summed E-state index contributed by atoms with van der Waals surface area (Å²) in [6, 6.07) is 14.2. The number of carboxylic acid groups (broad SMARTS) is 1. The summed E-state index contributed by atoms with van der Waals surface area (Å²) in [5.74, 6) is -0.551. The molecule has 0 bridgehead atoms. The number of carbonyl (C=O) groups is 2. The fraction of sp³-hybridized carbons (Fsp3) is 0.227. The Morgan fingerprint density at radius 2 is 1.78 bits per heavy atom. The van der Waals surface area contributed by atoms with Crippen LogP contribution in [0.1, 0.15) is 50.6 Å². The number of imidazole rings is 1. The van der Waals surface area contributed by atoms with E-state index in [9.17, 15) is 9.59 Å². The molecule has 0 atom stereocenters. The third-order valence-corrected chi connectivity index (χ3v) is 5.12. The second-order valence-corrected chi connectivity index (χ2v) is 6.87. The molecule has 5 nitrogen and oxygen atoms in total. The van der Waals surface area contributed by atoms with Gasteiger partial charge in [0.25, 0.3) is 0 Å². The standard InChI is InChI=1S/C22H20N2O3/c1-14-6-2-3-7-17(14)20(25)21-23-19(18-8-4-5-13-24(18)21)15-9-11-16(12-10-15)22(26)27/h2-3,6-7,9-12H,4-5,8,13H2,1H3,(H,26,27). The third-order valence-electron chi connectivity index (χ3n) is 5.12. The summed E-state index contributed by atoms with van der Waals surface area (Å²) in [4.78, 5) is 29.0. The Morgan fingerprint density at radius 1 is 1.04 bits per heavy atom. The molecule has 2 aromatic carbocycles. The number of carbonyl (C=O) groups excluding carboxylic acids is 1. The first-order valence-electron chi connectivity index (χ1n) is 9.09. The van der Waals surface area contributed by atoms with Gasteiger partial charge in [0, 0.05) is 23.4 Å². The minimum Gasteiger partial charge on any atom is -0.478 e. The molecule has 136 valence electrons. The molecule has 1 aliphatic rings. The summed E-state index contributed by atoms with van der Waals surface area (Å²) in [7, 11) is 0. The maximum Gasteiger partial charge on any atom is 0.335 e. The highest BCUT2D eigenvalue weighted by atomic mass is 16.4. The lowest BCUT2D eigenvalue weighted by atomic mass is 10.0. The topological polar surface area (TPSA) is 72.2 Å². The molecule has 2 heterocycles. The highest BCUT2D eigenvalue weighted by Crippen LogP contribution is 2.30. The van der Waals surface area contributed by atoms with Crippen LogP contribution in [-0.4, -0.2) is 26.4 Å². The van der Waals surface area contributed by atoms with Gasteiger partial charge in [-0.3, -0.25) is 4.79 Å². The van der Waals surface area contributed by atoms with Crippen LogP contribution >= 0.6 is 0 Å². The summed E-state index contributed by atoms with van der Waals surface area (Å²) in [6.07, 6.45) is 2.95. The van der Waals surface area contributed by atoms with E-state index in [1.807, 2.05) is 35.8 Å². The van der Waals surface area contributed by atoms with Crippen molar-refractivity contribution in [2.75, 3.05) is 0 Å². The van der Waals surface area contributed by atoms with Gasteiger partial charge in [-0.15, -0.1) is 0 Å². The SMILES string of the molecule is Cc1ccccc1C(=O)c1nc(-c2ccc(C(=O)O)cc2)c2n1CCCC2. The van der Waals surface area contributed by atoms with Crippen molar-refractivity contribution in [3.63, 3.8) is 0 Å². The Hall–Kier alpha value is -3.21. The highest BCUT2D eigenvalue weighted by Gasteiger charge is 2.26. The first kappa shape index (κ1) is 17.2. The Kier molecular flexibility index (Phi) is 4.36. The van der Waals surface area contributed by atoms with Gasteiger partial charge in [0.05, 0.1) is 11.3 Å². The molecule has 0 fully saturated rings. The summed E-state index contributed by atoms with van der Waals surface area (Å²) >= 11 is 0. The number of hydrogen-bond acceptors (Lipinski definition) is 3. The molecule has 0 aliphatic carbocycles. The zero-order valence-electron chi connectivity index (χ0n) is 15.1. The van der Waals surface area contributed by atoms with Gasteiger partial charge in [-0.25, -0.2) is 9.78 Å². The Bertz CT molecular complexity index is 1030. The zero-order chi connectivity index (χ0) is 19.0. The van der Waals surface area contributed by atoms with Crippen LogP contribution in [0.5, 0.6) is 0 Å². The van der Waals surface area contributed by atoms with Gasteiger partial charge < -0.3 is 9.67 Å². The van der Waals surface area contributed by atoms with Crippen LogP contribution in [0.15, 0.2) is 48.5 Å². The highest BCUT2D eigenvalue weighted by molar-refractivity contribution is 6.08. The van der Waals surface area contributed by atoms with E-state index in [4.69, 9.17) is 10.1 Å². The maximum atomic E-state index is 13.2. The number of aryl methyl sites for hydroxylation is 1. The van der Waals surface area contributed by atoms with E-state index in [-0.39, 0.29) is 11.3 Å². The predicted octanol–water partition coefficient (Wildman–Crippen LogP) is 4.12. The lowest BCUT2D eigenvalue weighted by Gasteiger charge is -2.17. The van der Waals surface area contributed by atoms with Crippen LogP contribution in [0, 0.1) is 6.92 Å². The lowest BCUT2D eigenvalue weighted by Crippen LogP contribution is -2.17. The summed E-state index contributed by atoms with van der Waals surface area (Å²) in [6.45, 7) is 2.71. The summed E-state index contributed by atoms with van der Waals surface area (Å²) in [5, 5.41) is 9.10. The van der Waals surface area contributed by atoms with Gasteiger partial charge in [-0.05, 0) is 43.9 Å². The molecular weight excluding hydrogens is 340 g/mol. The van der Waals surface area contributed by atoms with Crippen molar-refractivity contribution < 1.29 is 14.7 Å². The number of fused-ring (bicyclic) bond motifs is 1. The predicted molar refractivity (Wildman–Crippen MR) is 102 cm³/mol. The van der Waals surface area contributed by atoms with E-state index in [1.165, 1.54) is 0 Å². The molecule has 0 spiro atoms. The Labute approximate surface area is 157 Å². The van der Waals surface area contributed by atoms with Crippen molar-refractivity contribution in [2.45, 2.75) is 32.7 Å². The van der Waals surface area contributed by atoms with Crippen molar-refractivity contribution in [1.29, 1.82) is 0 Å². The monoisotopic (exact) mass is 360 g/mol. The molecule has 0 saturated heterocycles. The normalized spacial score (nSPS) is 13.2. The van der Waals surface area contributed by atoms with Gasteiger partial charge in [-0.2, -0.15) is 0 Å². The molecule has 1 aliphatic heterocycles. The average molecular weight is 360 g/mol. The van der Waals surface area contributed by atoms with Crippen molar-refractivity contribution in [3.8, 4) is 11.3 Å². The number of hydrogen-bond donors (Lipinski definition) is 1. The smallest absolute Gasteiger partial charge is 0.335 e. The largest absolute Gasteiger partial charge is 0.478 e. The molecule has 3 aromatic rings. The number of carboxylic acids is 1. The molecule has 1 aromatic heterocycles. The minimum absolute atomic E-state index is 0.0651. The van der Waals surface area contributed by atoms with E-state index in [1.54, 1.807) is 24.3 Å². The van der Waals surface area contributed by atoms with E-state index < -0.39 is 5.97 Å². The lowest BCUT2D eigenvalue weighted by molar-refractivity contribution is 0.0696. The molecule has 0 radical (unpaired) electrons. The zero-order valence-corrected chi connectivity index (χ0v) is 15.1. The molecule has 4 rings (SSSR count). The average Bonchev–Trinajstić information content (AvgIpc) is 3.08. The fourth-order valence-corrected chi connectivity index (χ4v) is 3.67. The molecular formula is C22H20N2O3. The van der Waals surface area contributed by atoms with Crippen molar-refractivity contribution in [3.05, 3.63) is 76.7 Å². The van der Waals surface area contributed by atoms with Gasteiger partial charge in [0.2, 0.25) is 5.78 Å². The third kappa shape index (κ3) is 3.05. The summed E-state index contributed by atoms with van der Waals surface area (Å²) < 4.78 is 2.04. The Morgan fingerprint density at radius 3 is 2.48 bits per heavy atom. The number of benzene rings is 2. The first-order valence-corrected chi connectivity index (χ1v) is 9.09. The number of aromatic carboxylic acids is 1. The molecule has 5 heteroatoms. The van der Waals surface area contributed by atoms with Gasteiger partial charge in [0.1, 0.15) is 0 Å². The molecule has 1 N–H and O–H groups in total. The van der Waals surface area contributed by atoms with E-state index >= 15 is 0 Å². The van der Waals surface area contributed by atoms with Crippen LogP contribution in [-0.2, 0) is 13.0 Å². The van der Waals surface area contributed by atoms with E-state index in [0.29, 0.717) is 11.4 Å². The fourth-order valence-electron chi connectivity index (χ4n) is 3.67. The molecule has 0 saturated carbocycles. The van der Waals surface area contributed by atoms with E-state index in [2.05, 4.69) is 0 Å². The second kappa shape index (κ2) is 6.83. The van der Waals surface area contributed by atoms with Gasteiger partial charge in [-0.1, -0.05) is 36.4 Å². The number of ketones is 1. The van der Waals surface area contributed by atoms with Gasteiger partial charge >= 0.3 is 5.97 Å². The number of nitrogens with zero attached hydrogens (tertiary/aromatic N) is 2. The number of aromatic nitrogens is 2. The molecule has 27 heavy (non-hydrogen) atoms. The second-order valence-electron chi connectivity index (χ2n) is 6.87. The van der Waals surface area contributed by atoms with Crippen molar-refractivity contribution >= 4 is 11.8 Å². The van der Waals surface area contributed by atoms with Crippen LogP contribution < -0.4 is 0 Å². The van der Waals surface area contributed by atoms with Crippen LogP contribution in [0.25, 0.3) is 11.3 Å². The van der Waals surface area contributed by atoms with Crippen LogP contribution in [0.4, 0.5) is 0 Å². The van der Waals surface area contributed by atoms with Crippen molar-refractivity contribution in [2.24, 2.45) is 0 Å². The quantitative estimate of drug-likeness (QED) is 0.710.